The zero-order chi connectivity index (χ0) is 20.2. The van der Waals surface area contributed by atoms with E-state index in [4.69, 9.17) is 4.74 Å². The number of hydrogen-bond donors (Lipinski definition) is 0. The summed E-state index contributed by atoms with van der Waals surface area (Å²) in [5.74, 6) is 0.217. The fourth-order valence-electron chi connectivity index (χ4n) is 4.04. The van der Waals surface area contributed by atoms with E-state index >= 15 is 4.39 Å². The van der Waals surface area contributed by atoms with Crippen molar-refractivity contribution in [1.29, 1.82) is 0 Å². The number of halogens is 2. The van der Waals surface area contributed by atoms with E-state index in [9.17, 15) is 4.79 Å². The highest BCUT2D eigenvalue weighted by atomic mass is 79.9. The van der Waals surface area contributed by atoms with Crippen molar-refractivity contribution in [3.8, 4) is 0 Å². The predicted molar refractivity (Wildman–Crippen MR) is 108 cm³/mol. The van der Waals surface area contributed by atoms with Crippen LogP contribution < -0.4 is 4.90 Å². The molecule has 8 heteroatoms. The van der Waals surface area contributed by atoms with Crippen LogP contribution in [0.1, 0.15) is 33.5 Å². The van der Waals surface area contributed by atoms with Crippen molar-refractivity contribution in [3.63, 3.8) is 0 Å². The Morgan fingerprint density at radius 3 is 2.69 bits per heavy atom. The number of hydrogen-bond acceptors (Lipinski definition) is 4. The first-order chi connectivity index (χ1) is 14.0. The third-order valence-electron chi connectivity index (χ3n) is 5.82. The summed E-state index contributed by atoms with van der Waals surface area (Å²) in [5.41, 5.74) is 2.35. The molecule has 0 aliphatic carbocycles. The zero-order valence-corrected chi connectivity index (χ0v) is 17.3. The number of fused-ring (bicyclic) bond motifs is 1. The molecule has 5 rings (SSSR count). The van der Waals surface area contributed by atoms with Gasteiger partial charge in [-0.05, 0) is 35.4 Å². The van der Waals surface area contributed by atoms with Gasteiger partial charge in [-0.15, -0.1) is 10.2 Å². The highest BCUT2D eigenvalue weighted by Crippen LogP contribution is 2.46. The topological polar surface area (TPSA) is 60.2 Å². The number of alkyl halides is 1. The number of carbonyl (C=O) groups excluding carboxylic acids is 1. The van der Waals surface area contributed by atoms with Crippen molar-refractivity contribution in [2.45, 2.75) is 18.1 Å². The molecule has 0 saturated carbocycles. The molecule has 2 aliphatic heterocycles. The van der Waals surface area contributed by atoms with Crippen LogP contribution in [-0.4, -0.2) is 33.9 Å². The predicted octanol–water partition coefficient (Wildman–Crippen LogP) is 3.72. The number of rotatable bonds is 4. The van der Waals surface area contributed by atoms with Crippen LogP contribution in [0.25, 0.3) is 0 Å². The Balaban J connectivity index is 1.51. The van der Waals surface area contributed by atoms with Crippen molar-refractivity contribution in [2.75, 3.05) is 18.1 Å². The Hall–Kier alpha value is -2.58. The van der Waals surface area contributed by atoms with E-state index in [0.29, 0.717) is 12.1 Å². The lowest BCUT2D eigenvalue weighted by Crippen LogP contribution is -2.50. The molecule has 148 valence electrons. The highest BCUT2D eigenvalue weighted by Gasteiger charge is 2.50. The molecule has 2 aliphatic rings. The lowest BCUT2D eigenvalue weighted by Gasteiger charge is -2.43. The quantitative estimate of drug-likeness (QED) is 0.600. The highest BCUT2D eigenvalue weighted by molar-refractivity contribution is 9.10. The van der Waals surface area contributed by atoms with Gasteiger partial charge >= 0.3 is 0 Å². The maximum atomic E-state index is 15.6. The van der Waals surface area contributed by atoms with Gasteiger partial charge in [-0.25, -0.2) is 4.39 Å². The van der Waals surface area contributed by atoms with Gasteiger partial charge in [0.15, 0.2) is 12.0 Å². The summed E-state index contributed by atoms with van der Waals surface area (Å²) in [5, 5.41) is 7.76. The lowest BCUT2D eigenvalue weighted by atomic mass is 9.74. The van der Waals surface area contributed by atoms with Crippen molar-refractivity contribution < 1.29 is 13.9 Å². The Morgan fingerprint density at radius 2 is 2.03 bits per heavy atom. The number of anilines is 1. The molecule has 0 N–H and O–H groups in total. The SMILES string of the molecule is Cn1cnnc1[C@H](F)C1(c2cccc(N3Cc4c(Br)cccc4C3=O)c2)COC1. The number of amides is 1. The molecular formula is C21H18BrFN4O2. The van der Waals surface area contributed by atoms with Gasteiger partial charge in [0.1, 0.15) is 6.33 Å². The number of carbonyl (C=O) groups is 1. The Labute approximate surface area is 175 Å². The van der Waals surface area contributed by atoms with Crippen LogP contribution >= 0.6 is 15.9 Å². The second kappa shape index (κ2) is 6.74. The third kappa shape index (κ3) is 2.73. The second-order valence-electron chi connectivity index (χ2n) is 7.52. The Morgan fingerprint density at radius 1 is 1.24 bits per heavy atom. The summed E-state index contributed by atoms with van der Waals surface area (Å²) in [7, 11) is 1.73. The van der Waals surface area contributed by atoms with E-state index < -0.39 is 11.6 Å². The van der Waals surface area contributed by atoms with Gasteiger partial charge in [0, 0.05) is 22.8 Å². The first-order valence-corrected chi connectivity index (χ1v) is 10.1. The molecule has 1 amide bonds. The van der Waals surface area contributed by atoms with E-state index in [-0.39, 0.29) is 24.9 Å². The van der Waals surface area contributed by atoms with Gasteiger partial charge in [0.05, 0.1) is 25.2 Å². The average molecular weight is 457 g/mol. The first kappa shape index (κ1) is 18.4. The smallest absolute Gasteiger partial charge is 0.258 e. The maximum Gasteiger partial charge on any atom is 0.258 e. The summed E-state index contributed by atoms with van der Waals surface area (Å²) in [6.45, 7) is 0.985. The van der Waals surface area contributed by atoms with E-state index in [2.05, 4.69) is 26.1 Å². The summed E-state index contributed by atoms with van der Waals surface area (Å²) in [4.78, 5) is 14.7. The molecule has 0 radical (unpaired) electrons. The van der Waals surface area contributed by atoms with E-state index in [1.807, 2.05) is 42.5 Å². The Bertz CT molecular complexity index is 1110. The van der Waals surface area contributed by atoms with Gasteiger partial charge in [-0.3, -0.25) is 4.79 Å². The summed E-state index contributed by atoms with van der Waals surface area (Å²) >= 11 is 3.53. The molecule has 1 aromatic heterocycles. The van der Waals surface area contributed by atoms with E-state index in [1.165, 1.54) is 6.33 Å². The summed E-state index contributed by atoms with van der Waals surface area (Å²) < 4.78 is 23.5. The molecule has 1 atom stereocenters. The Kier molecular flexibility index (Phi) is 4.29. The molecule has 0 unspecified atom stereocenters. The van der Waals surface area contributed by atoms with Crippen LogP contribution in [0.4, 0.5) is 10.1 Å². The maximum absolute atomic E-state index is 15.6. The normalized spacial score (nSPS) is 18.4. The van der Waals surface area contributed by atoms with Crippen LogP contribution in [-0.2, 0) is 23.7 Å². The van der Waals surface area contributed by atoms with Gasteiger partial charge in [-0.2, -0.15) is 0 Å². The van der Waals surface area contributed by atoms with Gasteiger partial charge < -0.3 is 14.2 Å². The van der Waals surface area contributed by atoms with Crippen LogP contribution in [0, 0.1) is 0 Å². The minimum atomic E-state index is -1.36. The lowest BCUT2D eigenvalue weighted by molar-refractivity contribution is -0.102. The molecule has 1 fully saturated rings. The number of ether oxygens (including phenoxy) is 1. The molecular weight excluding hydrogens is 439 g/mol. The molecule has 3 aromatic rings. The first-order valence-electron chi connectivity index (χ1n) is 9.27. The second-order valence-corrected chi connectivity index (χ2v) is 8.37. The molecule has 3 heterocycles. The average Bonchev–Trinajstić information content (AvgIpc) is 3.26. The van der Waals surface area contributed by atoms with Crippen molar-refractivity contribution in [3.05, 3.63) is 75.8 Å². The van der Waals surface area contributed by atoms with Crippen LogP contribution in [0.3, 0.4) is 0 Å². The van der Waals surface area contributed by atoms with Crippen molar-refractivity contribution >= 4 is 27.5 Å². The molecule has 1 saturated heterocycles. The minimum Gasteiger partial charge on any atom is -0.379 e. The van der Waals surface area contributed by atoms with E-state index in [1.54, 1.807) is 16.5 Å². The van der Waals surface area contributed by atoms with Crippen LogP contribution in [0.5, 0.6) is 0 Å². The van der Waals surface area contributed by atoms with Gasteiger partial charge in [-0.1, -0.05) is 34.1 Å². The number of aromatic nitrogens is 3. The van der Waals surface area contributed by atoms with E-state index in [0.717, 1.165) is 21.3 Å². The number of nitrogens with zero attached hydrogens (tertiary/aromatic N) is 4. The van der Waals surface area contributed by atoms with Crippen LogP contribution in [0.15, 0.2) is 53.3 Å². The van der Waals surface area contributed by atoms with Gasteiger partial charge in [0.2, 0.25) is 0 Å². The standard InChI is InChI=1S/C21H18BrFN4O2/c1-26-12-24-25-19(26)18(23)21(10-29-11-21)13-4-2-5-14(8-13)27-9-16-15(20(27)28)6-3-7-17(16)22/h2-8,12,18H,9-11H2,1H3/t18-/m0/s1. The zero-order valence-electron chi connectivity index (χ0n) is 15.7. The number of aryl methyl sites for hydroxylation is 1. The minimum absolute atomic E-state index is 0.0533. The number of benzene rings is 2. The fourth-order valence-corrected chi connectivity index (χ4v) is 4.53. The molecule has 0 bridgehead atoms. The van der Waals surface area contributed by atoms with Crippen LogP contribution in [0.2, 0.25) is 0 Å². The molecule has 2 aromatic carbocycles. The van der Waals surface area contributed by atoms with Crippen molar-refractivity contribution in [2.24, 2.45) is 7.05 Å². The molecule has 0 spiro atoms. The largest absolute Gasteiger partial charge is 0.379 e. The summed E-state index contributed by atoms with van der Waals surface area (Å²) in [6, 6.07) is 13.1. The fraction of sp³-hybridized carbons (Fsp3) is 0.286. The summed E-state index contributed by atoms with van der Waals surface area (Å²) in [6.07, 6.45) is 0.128. The third-order valence-corrected chi connectivity index (χ3v) is 6.56. The molecule has 29 heavy (non-hydrogen) atoms. The van der Waals surface area contributed by atoms with Gasteiger partial charge in [0.25, 0.3) is 5.91 Å². The van der Waals surface area contributed by atoms with Crippen molar-refractivity contribution in [1.82, 2.24) is 14.8 Å². The molecule has 6 nitrogen and oxygen atoms in total. The monoisotopic (exact) mass is 456 g/mol.